The minimum atomic E-state index is -0.0229. The number of rotatable bonds is 3. The van der Waals surface area contributed by atoms with Gasteiger partial charge in [-0.1, -0.05) is 17.7 Å². The predicted octanol–water partition coefficient (Wildman–Crippen LogP) is 2.16. The largest absolute Gasteiger partial charge is 0.491 e. The Labute approximate surface area is 78.5 Å². The van der Waals surface area contributed by atoms with Crippen LogP contribution in [0.1, 0.15) is 12.5 Å². The van der Waals surface area contributed by atoms with Crippen molar-refractivity contribution in [3.8, 4) is 5.75 Å². The number of hydrogen-bond donors (Lipinski definition) is 0. The Kier molecular flexibility index (Phi) is 2.00. The van der Waals surface area contributed by atoms with E-state index in [1.54, 1.807) is 0 Å². The fourth-order valence-corrected chi connectivity index (χ4v) is 1.08. The van der Waals surface area contributed by atoms with Crippen molar-refractivity contribution in [2.45, 2.75) is 19.4 Å². The van der Waals surface area contributed by atoms with Gasteiger partial charge in [-0.3, -0.25) is 0 Å². The first-order chi connectivity index (χ1) is 6.18. The summed E-state index contributed by atoms with van der Waals surface area (Å²) in [6.07, 6.45) is 0. The highest BCUT2D eigenvalue weighted by atomic mass is 16.6. The highest BCUT2D eigenvalue weighted by molar-refractivity contribution is 5.26. The normalized spacial score (nSPS) is 25.7. The lowest BCUT2D eigenvalue weighted by Crippen LogP contribution is -2.16. The minimum absolute atomic E-state index is 0.0229. The summed E-state index contributed by atoms with van der Waals surface area (Å²) in [4.78, 5) is 0. The maximum atomic E-state index is 5.56. The average molecular weight is 178 g/mol. The number of epoxide rings is 1. The molecule has 0 aliphatic carbocycles. The SMILES string of the molecule is Cc1ccc(OCC2(C)CO2)cc1. The minimum Gasteiger partial charge on any atom is -0.491 e. The molecule has 1 atom stereocenters. The van der Waals surface area contributed by atoms with Crippen LogP contribution in [0.2, 0.25) is 0 Å². The molecule has 0 spiro atoms. The summed E-state index contributed by atoms with van der Waals surface area (Å²) in [7, 11) is 0. The van der Waals surface area contributed by atoms with Crippen LogP contribution in [0.5, 0.6) is 5.75 Å². The first-order valence-electron chi connectivity index (χ1n) is 4.51. The summed E-state index contributed by atoms with van der Waals surface area (Å²) in [5.41, 5.74) is 1.23. The Bertz CT molecular complexity index is 285. The zero-order valence-electron chi connectivity index (χ0n) is 8.04. The van der Waals surface area contributed by atoms with Crippen LogP contribution in [-0.2, 0) is 4.74 Å². The molecule has 1 aromatic rings. The second kappa shape index (κ2) is 3.04. The number of aryl methyl sites for hydroxylation is 1. The molecule has 2 rings (SSSR count). The zero-order valence-corrected chi connectivity index (χ0v) is 8.04. The first kappa shape index (κ1) is 8.57. The Morgan fingerprint density at radius 3 is 2.54 bits per heavy atom. The van der Waals surface area contributed by atoms with Gasteiger partial charge < -0.3 is 9.47 Å². The third kappa shape index (κ3) is 2.22. The molecule has 2 nitrogen and oxygen atoms in total. The lowest BCUT2D eigenvalue weighted by Gasteiger charge is -2.08. The van der Waals surface area contributed by atoms with E-state index < -0.39 is 0 Å². The fourth-order valence-electron chi connectivity index (χ4n) is 1.08. The van der Waals surface area contributed by atoms with E-state index in [4.69, 9.17) is 9.47 Å². The molecular formula is C11H14O2. The third-order valence-corrected chi connectivity index (χ3v) is 2.20. The molecule has 0 amide bonds. The van der Waals surface area contributed by atoms with Crippen LogP contribution in [0.25, 0.3) is 0 Å². The van der Waals surface area contributed by atoms with Crippen molar-refractivity contribution >= 4 is 0 Å². The third-order valence-electron chi connectivity index (χ3n) is 2.20. The smallest absolute Gasteiger partial charge is 0.123 e. The molecule has 1 aromatic carbocycles. The fraction of sp³-hybridized carbons (Fsp3) is 0.455. The van der Waals surface area contributed by atoms with Crippen molar-refractivity contribution < 1.29 is 9.47 Å². The highest BCUT2D eigenvalue weighted by Crippen LogP contribution is 2.26. The van der Waals surface area contributed by atoms with E-state index in [0.29, 0.717) is 6.61 Å². The molecule has 1 unspecified atom stereocenters. The van der Waals surface area contributed by atoms with Crippen LogP contribution in [0, 0.1) is 6.92 Å². The zero-order chi connectivity index (χ0) is 9.31. The predicted molar refractivity (Wildman–Crippen MR) is 51.0 cm³/mol. The highest BCUT2D eigenvalue weighted by Gasteiger charge is 2.40. The van der Waals surface area contributed by atoms with E-state index in [9.17, 15) is 0 Å². The average Bonchev–Trinajstić information content (AvgIpc) is 2.84. The number of ether oxygens (including phenoxy) is 2. The molecular weight excluding hydrogens is 164 g/mol. The van der Waals surface area contributed by atoms with Gasteiger partial charge in [0, 0.05) is 0 Å². The summed E-state index contributed by atoms with van der Waals surface area (Å²) in [6.45, 7) is 5.59. The molecule has 0 aromatic heterocycles. The maximum Gasteiger partial charge on any atom is 0.123 e. The van der Waals surface area contributed by atoms with E-state index in [0.717, 1.165) is 12.4 Å². The van der Waals surface area contributed by atoms with Crippen LogP contribution in [0.4, 0.5) is 0 Å². The van der Waals surface area contributed by atoms with Gasteiger partial charge in [-0.05, 0) is 26.0 Å². The first-order valence-corrected chi connectivity index (χ1v) is 4.51. The Balaban J connectivity index is 1.91. The summed E-state index contributed by atoms with van der Waals surface area (Å²) in [6, 6.07) is 8.07. The van der Waals surface area contributed by atoms with E-state index >= 15 is 0 Å². The van der Waals surface area contributed by atoms with Gasteiger partial charge in [0.2, 0.25) is 0 Å². The second-order valence-electron chi connectivity index (χ2n) is 3.84. The van der Waals surface area contributed by atoms with E-state index in [2.05, 4.69) is 13.8 Å². The molecule has 1 heterocycles. The van der Waals surface area contributed by atoms with E-state index in [1.807, 2.05) is 24.3 Å². The van der Waals surface area contributed by atoms with Crippen LogP contribution in [0.15, 0.2) is 24.3 Å². The summed E-state index contributed by atoms with van der Waals surface area (Å²) < 4.78 is 10.8. The quantitative estimate of drug-likeness (QED) is 0.661. The molecule has 1 fully saturated rings. The van der Waals surface area contributed by atoms with Crippen molar-refractivity contribution in [3.05, 3.63) is 29.8 Å². The van der Waals surface area contributed by atoms with Gasteiger partial charge in [0.15, 0.2) is 0 Å². The van der Waals surface area contributed by atoms with Crippen molar-refractivity contribution in [3.63, 3.8) is 0 Å². The van der Waals surface area contributed by atoms with Crippen molar-refractivity contribution in [1.82, 2.24) is 0 Å². The van der Waals surface area contributed by atoms with E-state index in [-0.39, 0.29) is 5.60 Å². The molecule has 70 valence electrons. The van der Waals surface area contributed by atoms with Gasteiger partial charge in [-0.15, -0.1) is 0 Å². The summed E-state index contributed by atoms with van der Waals surface area (Å²) in [5.74, 6) is 0.919. The number of benzene rings is 1. The molecule has 13 heavy (non-hydrogen) atoms. The monoisotopic (exact) mass is 178 g/mol. The van der Waals surface area contributed by atoms with Gasteiger partial charge in [0.25, 0.3) is 0 Å². The van der Waals surface area contributed by atoms with Gasteiger partial charge in [-0.2, -0.15) is 0 Å². The lowest BCUT2D eigenvalue weighted by molar-refractivity contribution is 0.202. The van der Waals surface area contributed by atoms with Crippen molar-refractivity contribution in [2.75, 3.05) is 13.2 Å². The topological polar surface area (TPSA) is 21.8 Å². The van der Waals surface area contributed by atoms with Gasteiger partial charge in [0.1, 0.15) is 18.0 Å². The molecule has 0 N–H and O–H groups in total. The van der Waals surface area contributed by atoms with Crippen LogP contribution >= 0.6 is 0 Å². The molecule has 1 saturated heterocycles. The van der Waals surface area contributed by atoms with Crippen LogP contribution in [0.3, 0.4) is 0 Å². The molecule has 1 aliphatic rings. The van der Waals surface area contributed by atoms with E-state index in [1.165, 1.54) is 5.56 Å². The van der Waals surface area contributed by atoms with Gasteiger partial charge in [0.05, 0.1) is 6.61 Å². The second-order valence-corrected chi connectivity index (χ2v) is 3.84. The summed E-state index contributed by atoms with van der Waals surface area (Å²) >= 11 is 0. The molecule has 0 saturated carbocycles. The van der Waals surface area contributed by atoms with Crippen molar-refractivity contribution in [2.24, 2.45) is 0 Å². The van der Waals surface area contributed by atoms with Crippen molar-refractivity contribution in [1.29, 1.82) is 0 Å². The molecule has 0 radical (unpaired) electrons. The molecule has 2 heteroatoms. The van der Waals surface area contributed by atoms with Crippen LogP contribution in [-0.4, -0.2) is 18.8 Å². The van der Waals surface area contributed by atoms with Gasteiger partial charge >= 0.3 is 0 Å². The molecule has 1 aliphatic heterocycles. The number of hydrogen-bond acceptors (Lipinski definition) is 2. The van der Waals surface area contributed by atoms with Gasteiger partial charge in [-0.25, -0.2) is 0 Å². The summed E-state index contributed by atoms with van der Waals surface area (Å²) in [5, 5.41) is 0. The lowest BCUT2D eigenvalue weighted by atomic mass is 10.2. The molecule has 0 bridgehead atoms. The standard InChI is InChI=1S/C11H14O2/c1-9-3-5-10(6-4-9)12-7-11(2)8-13-11/h3-6H,7-8H2,1-2H3. The Hall–Kier alpha value is -1.02. The Morgan fingerprint density at radius 2 is 2.00 bits per heavy atom. The maximum absolute atomic E-state index is 5.56. The Morgan fingerprint density at radius 1 is 1.38 bits per heavy atom. The van der Waals surface area contributed by atoms with Crippen LogP contribution < -0.4 is 4.74 Å².